The Morgan fingerprint density at radius 3 is 2.79 bits per heavy atom. The van der Waals surface area contributed by atoms with Crippen LogP contribution in [0.15, 0.2) is 24.4 Å². The van der Waals surface area contributed by atoms with Crippen molar-refractivity contribution in [2.24, 2.45) is 0 Å². The van der Waals surface area contributed by atoms with Crippen molar-refractivity contribution in [3.63, 3.8) is 0 Å². The Kier molecular flexibility index (Phi) is 5.86. The Balaban J connectivity index is 2.12. The molecule has 1 atom stereocenters. The maximum atomic E-state index is 13.5. The number of H-pyrrole nitrogens is 1. The predicted molar refractivity (Wildman–Crippen MR) is 94.6 cm³/mol. The number of hydrogen-bond donors (Lipinski definition) is 2. The van der Waals surface area contributed by atoms with Crippen LogP contribution in [0.2, 0.25) is 0 Å². The molecule has 0 bridgehead atoms. The summed E-state index contributed by atoms with van der Waals surface area (Å²) in [5.74, 6) is -0.256. The van der Waals surface area contributed by atoms with Crippen LogP contribution in [0.1, 0.15) is 52.5 Å². The maximum Gasteiger partial charge on any atom is 0.407 e. The Hall–Kier alpha value is -2.04. The quantitative estimate of drug-likeness (QED) is 0.787. The molecule has 2 N–H and O–H groups in total. The van der Waals surface area contributed by atoms with E-state index in [1.807, 2.05) is 27.0 Å². The van der Waals surface area contributed by atoms with Gasteiger partial charge in [-0.2, -0.15) is 0 Å². The van der Waals surface area contributed by atoms with Crippen LogP contribution < -0.4 is 5.32 Å². The summed E-state index contributed by atoms with van der Waals surface area (Å²) in [7, 11) is 0. The van der Waals surface area contributed by atoms with Crippen molar-refractivity contribution in [2.45, 2.75) is 65.0 Å². The van der Waals surface area contributed by atoms with Gasteiger partial charge >= 0.3 is 6.09 Å². The van der Waals surface area contributed by atoms with Crippen LogP contribution in [0, 0.1) is 5.82 Å². The van der Waals surface area contributed by atoms with Gasteiger partial charge in [0.15, 0.2) is 0 Å². The van der Waals surface area contributed by atoms with Crippen molar-refractivity contribution < 1.29 is 13.9 Å². The van der Waals surface area contributed by atoms with Gasteiger partial charge in [0.05, 0.1) is 0 Å². The molecule has 0 spiro atoms. The van der Waals surface area contributed by atoms with Crippen molar-refractivity contribution in [3.05, 3.63) is 35.8 Å². The first-order chi connectivity index (χ1) is 11.3. The van der Waals surface area contributed by atoms with E-state index in [0.717, 1.165) is 35.7 Å². The first-order valence-electron chi connectivity index (χ1n) is 8.53. The highest BCUT2D eigenvalue weighted by molar-refractivity contribution is 5.83. The number of nitrogens with one attached hydrogen (secondary N) is 2. The van der Waals surface area contributed by atoms with Crippen molar-refractivity contribution in [1.82, 2.24) is 10.3 Å². The van der Waals surface area contributed by atoms with Crippen molar-refractivity contribution in [2.75, 3.05) is 0 Å². The molecule has 4 nitrogen and oxygen atoms in total. The lowest BCUT2D eigenvalue weighted by Crippen LogP contribution is -2.40. The smallest absolute Gasteiger partial charge is 0.407 e. The zero-order valence-corrected chi connectivity index (χ0v) is 14.9. The van der Waals surface area contributed by atoms with E-state index in [1.54, 1.807) is 6.07 Å². The minimum atomic E-state index is -0.525. The average Bonchev–Trinajstić information content (AvgIpc) is 2.85. The Morgan fingerprint density at radius 2 is 2.12 bits per heavy atom. The van der Waals surface area contributed by atoms with E-state index in [1.165, 1.54) is 12.1 Å². The van der Waals surface area contributed by atoms with Gasteiger partial charge in [-0.05, 0) is 57.4 Å². The number of aromatic amines is 1. The predicted octanol–water partition coefficient (Wildman–Crippen LogP) is 4.93. The summed E-state index contributed by atoms with van der Waals surface area (Å²) >= 11 is 0. The third-order valence-corrected chi connectivity index (χ3v) is 3.82. The molecule has 2 rings (SSSR count). The molecule has 5 heteroatoms. The number of amides is 1. The number of unbranched alkanes of at least 4 members (excludes halogenated alkanes) is 1. The molecule has 0 saturated carbocycles. The van der Waals surface area contributed by atoms with E-state index in [-0.39, 0.29) is 11.9 Å². The monoisotopic (exact) mass is 334 g/mol. The topological polar surface area (TPSA) is 54.1 Å². The molecule has 0 fully saturated rings. The fraction of sp³-hybridized carbons (Fsp3) is 0.526. The lowest BCUT2D eigenvalue weighted by atomic mass is 10.0. The molecule has 0 aliphatic carbocycles. The molecule has 0 aliphatic heterocycles. The van der Waals surface area contributed by atoms with E-state index >= 15 is 0 Å². The van der Waals surface area contributed by atoms with Crippen LogP contribution in [0.4, 0.5) is 9.18 Å². The Morgan fingerprint density at radius 1 is 1.38 bits per heavy atom. The number of ether oxygens (including phenoxy) is 1. The van der Waals surface area contributed by atoms with Crippen molar-refractivity contribution in [1.29, 1.82) is 0 Å². The summed E-state index contributed by atoms with van der Waals surface area (Å²) in [6.07, 6.45) is 5.04. The molecule has 1 amide bonds. The highest BCUT2D eigenvalue weighted by atomic mass is 19.1. The van der Waals surface area contributed by atoms with Crippen LogP contribution in [0.5, 0.6) is 0 Å². The molecule has 132 valence electrons. The van der Waals surface area contributed by atoms with Gasteiger partial charge in [0.1, 0.15) is 11.4 Å². The van der Waals surface area contributed by atoms with Gasteiger partial charge in [-0.25, -0.2) is 9.18 Å². The van der Waals surface area contributed by atoms with E-state index < -0.39 is 11.7 Å². The Labute approximate surface area is 142 Å². The van der Waals surface area contributed by atoms with Crippen LogP contribution in [-0.2, 0) is 11.2 Å². The van der Waals surface area contributed by atoms with Gasteiger partial charge in [0, 0.05) is 23.1 Å². The summed E-state index contributed by atoms with van der Waals surface area (Å²) in [4.78, 5) is 15.2. The van der Waals surface area contributed by atoms with Crippen molar-refractivity contribution in [3.8, 4) is 0 Å². The van der Waals surface area contributed by atoms with Crippen molar-refractivity contribution >= 4 is 17.0 Å². The fourth-order valence-corrected chi connectivity index (χ4v) is 2.73. The van der Waals surface area contributed by atoms with E-state index in [0.29, 0.717) is 6.42 Å². The number of rotatable bonds is 6. The lowest BCUT2D eigenvalue weighted by molar-refractivity contribution is 0.0501. The molecule has 1 heterocycles. The van der Waals surface area contributed by atoms with Gasteiger partial charge < -0.3 is 15.0 Å². The summed E-state index contributed by atoms with van der Waals surface area (Å²) < 4.78 is 18.9. The van der Waals surface area contributed by atoms with E-state index in [4.69, 9.17) is 4.74 Å². The summed E-state index contributed by atoms with van der Waals surface area (Å²) in [6.45, 7) is 7.65. The lowest BCUT2D eigenvalue weighted by Gasteiger charge is -2.23. The van der Waals surface area contributed by atoms with Crippen LogP contribution in [-0.4, -0.2) is 22.7 Å². The van der Waals surface area contributed by atoms with Gasteiger partial charge in [-0.1, -0.05) is 19.8 Å². The highest BCUT2D eigenvalue weighted by Crippen LogP contribution is 2.22. The molecule has 1 aromatic carbocycles. The summed E-state index contributed by atoms with van der Waals surface area (Å²) in [5.41, 5.74) is 1.38. The molecule has 24 heavy (non-hydrogen) atoms. The third kappa shape index (κ3) is 5.25. The maximum absolute atomic E-state index is 13.5. The first kappa shape index (κ1) is 18.3. The largest absolute Gasteiger partial charge is 0.444 e. The number of halogens is 1. The number of aromatic nitrogens is 1. The first-order valence-corrected chi connectivity index (χ1v) is 8.53. The van der Waals surface area contributed by atoms with Gasteiger partial charge in [0.2, 0.25) is 0 Å². The third-order valence-electron chi connectivity index (χ3n) is 3.82. The van der Waals surface area contributed by atoms with E-state index in [9.17, 15) is 9.18 Å². The SMILES string of the molecule is CCCC[C@@H](Cc1c[nH]c2ccc(F)cc12)NC(=O)OC(C)(C)C. The number of alkyl carbamates (subject to hydrolysis) is 1. The van der Waals surface area contributed by atoms with Crippen LogP contribution in [0.25, 0.3) is 10.9 Å². The van der Waals surface area contributed by atoms with Gasteiger partial charge in [-0.3, -0.25) is 0 Å². The second-order valence-corrected chi connectivity index (χ2v) is 7.19. The molecule has 1 aromatic heterocycles. The molecule has 0 unspecified atom stereocenters. The van der Waals surface area contributed by atoms with Crippen LogP contribution >= 0.6 is 0 Å². The second kappa shape index (κ2) is 7.69. The second-order valence-electron chi connectivity index (χ2n) is 7.19. The molecular formula is C19H27FN2O2. The van der Waals surface area contributed by atoms with E-state index in [2.05, 4.69) is 17.2 Å². The zero-order valence-electron chi connectivity index (χ0n) is 14.9. The normalized spacial score (nSPS) is 13.0. The number of carbonyl (C=O) groups is 1. The average molecular weight is 334 g/mol. The number of carbonyl (C=O) groups excluding carboxylic acids is 1. The standard InChI is InChI=1S/C19H27FN2O2/c1-5-6-7-15(22-18(23)24-19(2,3)4)10-13-12-21-17-9-8-14(20)11-16(13)17/h8-9,11-12,15,21H,5-7,10H2,1-4H3,(H,22,23)/t15-/m0/s1. The number of benzene rings is 1. The van der Waals surface area contributed by atoms with Crippen LogP contribution in [0.3, 0.4) is 0 Å². The fourth-order valence-electron chi connectivity index (χ4n) is 2.73. The zero-order chi connectivity index (χ0) is 17.7. The molecule has 0 aliphatic rings. The number of fused-ring (bicyclic) bond motifs is 1. The minimum absolute atomic E-state index is 0.0398. The molecule has 0 saturated heterocycles. The molecular weight excluding hydrogens is 307 g/mol. The number of hydrogen-bond acceptors (Lipinski definition) is 2. The van der Waals surface area contributed by atoms with Gasteiger partial charge in [-0.15, -0.1) is 0 Å². The Bertz CT molecular complexity index is 688. The summed E-state index contributed by atoms with van der Waals surface area (Å²) in [6, 6.07) is 4.67. The minimum Gasteiger partial charge on any atom is -0.444 e. The summed E-state index contributed by atoms with van der Waals surface area (Å²) in [5, 5.41) is 3.82. The highest BCUT2D eigenvalue weighted by Gasteiger charge is 2.20. The molecule has 0 radical (unpaired) electrons. The molecule has 2 aromatic rings. The van der Waals surface area contributed by atoms with Gasteiger partial charge in [0.25, 0.3) is 0 Å².